The highest BCUT2D eigenvalue weighted by atomic mass is 14.9. The first kappa shape index (κ1) is 15.0. The van der Waals surface area contributed by atoms with Gasteiger partial charge in [0, 0.05) is 29.4 Å². The van der Waals surface area contributed by atoms with Crippen molar-refractivity contribution >= 4 is 0 Å². The maximum atomic E-state index is 4.79. The molecule has 1 saturated carbocycles. The fraction of sp³-hybridized carbons (Fsp3) is 0.286. The van der Waals surface area contributed by atoms with Crippen LogP contribution >= 0.6 is 0 Å². The van der Waals surface area contributed by atoms with Crippen LogP contribution < -0.4 is 0 Å². The van der Waals surface area contributed by atoms with E-state index in [0.29, 0.717) is 5.92 Å². The number of benzene rings is 1. The molecular formula is C21H21N3. The van der Waals surface area contributed by atoms with Gasteiger partial charge in [-0.15, -0.1) is 0 Å². The van der Waals surface area contributed by atoms with Crippen molar-refractivity contribution in [3.05, 3.63) is 66.2 Å². The van der Waals surface area contributed by atoms with Crippen molar-refractivity contribution in [1.29, 1.82) is 0 Å². The average Bonchev–Trinajstić information content (AvgIpc) is 3.17. The van der Waals surface area contributed by atoms with Gasteiger partial charge in [0.25, 0.3) is 0 Å². The third-order valence-corrected chi connectivity index (χ3v) is 4.87. The van der Waals surface area contributed by atoms with Crippen LogP contribution in [0.25, 0.3) is 22.5 Å². The molecule has 0 spiro atoms. The molecule has 1 fully saturated rings. The van der Waals surface area contributed by atoms with Crippen LogP contribution in [0.15, 0.2) is 54.9 Å². The number of rotatable bonds is 3. The third kappa shape index (κ3) is 2.94. The Balaban J connectivity index is 1.63. The third-order valence-electron chi connectivity index (χ3n) is 4.87. The molecule has 1 aliphatic carbocycles. The summed E-state index contributed by atoms with van der Waals surface area (Å²) in [5.74, 6) is 1.53. The Morgan fingerprint density at radius 3 is 2.46 bits per heavy atom. The van der Waals surface area contributed by atoms with Gasteiger partial charge in [-0.05, 0) is 43.5 Å². The largest absolute Gasteiger partial charge is 0.256 e. The van der Waals surface area contributed by atoms with Crippen LogP contribution in [0, 0.1) is 6.92 Å². The molecule has 0 amide bonds. The summed E-state index contributed by atoms with van der Waals surface area (Å²) in [6.45, 7) is 2.11. The van der Waals surface area contributed by atoms with E-state index in [-0.39, 0.29) is 0 Å². The number of hydrogen-bond donors (Lipinski definition) is 0. The van der Waals surface area contributed by atoms with E-state index >= 15 is 0 Å². The first-order valence-corrected chi connectivity index (χ1v) is 8.66. The minimum Gasteiger partial charge on any atom is -0.256 e. The quantitative estimate of drug-likeness (QED) is 0.669. The van der Waals surface area contributed by atoms with Gasteiger partial charge in [0.2, 0.25) is 0 Å². The predicted molar refractivity (Wildman–Crippen MR) is 96.6 cm³/mol. The molecule has 2 aromatic heterocycles. The van der Waals surface area contributed by atoms with Crippen LogP contribution in [0.5, 0.6) is 0 Å². The molecule has 0 unspecified atom stereocenters. The van der Waals surface area contributed by atoms with Gasteiger partial charge >= 0.3 is 0 Å². The van der Waals surface area contributed by atoms with Gasteiger partial charge in [0.1, 0.15) is 5.82 Å². The second-order valence-corrected chi connectivity index (χ2v) is 6.53. The molecule has 0 N–H and O–H groups in total. The Morgan fingerprint density at radius 1 is 0.875 bits per heavy atom. The molecule has 24 heavy (non-hydrogen) atoms. The number of hydrogen-bond acceptors (Lipinski definition) is 3. The molecule has 3 aromatic rings. The van der Waals surface area contributed by atoms with Gasteiger partial charge in [-0.1, -0.05) is 37.1 Å². The summed E-state index contributed by atoms with van der Waals surface area (Å²) in [4.78, 5) is 13.9. The highest BCUT2D eigenvalue weighted by Crippen LogP contribution is 2.32. The van der Waals surface area contributed by atoms with E-state index in [9.17, 15) is 0 Å². The van der Waals surface area contributed by atoms with Crippen molar-refractivity contribution in [2.45, 2.75) is 38.5 Å². The average molecular weight is 315 g/mol. The van der Waals surface area contributed by atoms with E-state index in [2.05, 4.69) is 53.3 Å². The monoisotopic (exact) mass is 315 g/mol. The molecule has 0 bridgehead atoms. The van der Waals surface area contributed by atoms with E-state index in [1.54, 1.807) is 0 Å². The van der Waals surface area contributed by atoms with Crippen LogP contribution in [-0.4, -0.2) is 15.0 Å². The number of pyridine rings is 1. The predicted octanol–water partition coefficient (Wildman–Crippen LogP) is 5.17. The zero-order valence-corrected chi connectivity index (χ0v) is 13.9. The maximum absolute atomic E-state index is 4.79. The molecule has 0 saturated heterocycles. The second-order valence-electron chi connectivity index (χ2n) is 6.53. The highest BCUT2D eigenvalue weighted by molar-refractivity contribution is 5.66. The van der Waals surface area contributed by atoms with Crippen molar-refractivity contribution in [2.24, 2.45) is 0 Å². The van der Waals surface area contributed by atoms with Crippen LogP contribution in [0.4, 0.5) is 0 Å². The van der Waals surface area contributed by atoms with Gasteiger partial charge in [-0.3, -0.25) is 4.98 Å². The number of aromatic nitrogens is 3. The summed E-state index contributed by atoms with van der Waals surface area (Å²) in [5.41, 5.74) is 5.44. The molecule has 120 valence electrons. The topological polar surface area (TPSA) is 38.7 Å². The standard InChI is InChI=1S/C21H21N3/c1-15-6-2-5-9-18(15)20-11-10-17(14-23-20)19-12-13-22-21(24-19)16-7-3-4-8-16/h2,5-6,9-14,16H,3-4,7-8H2,1H3. The van der Waals surface area contributed by atoms with Crippen LogP contribution in [-0.2, 0) is 0 Å². The molecular weight excluding hydrogens is 294 g/mol. The molecule has 0 radical (unpaired) electrons. The minimum atomic E-state index is 0.532. The fourth-order valence-corrected chi connectivity index (χ4v) is 3.48. The summed E-state index contributed by atoms with van der Waals surface area (Å²) in [5, 5.41) is 0. The van der Waals surface area contributed by atoms with Gasteiger partial charge in [-0.2, -0.15) is 0 Å². The van der Waals surface area contributed by atoms with E-state index in [0.717, 1.165) is 22.8 Å². The van der Waals surface area contributed by atoms with Crippen molar-refractivity contribution < 1.29 is 0 Å². The first-order chi connectivity index (χ1) is 11.8. The number of aryl methyl sites for hydroxylation is 1. The molecule has 3 heteroatoms. The van der Waals surface area contributed by atoms with Crippen LogP contribution in [0.1, 0.15) is 43.0 Å². The lowest BCUT2D eigenvalue weighted by atomic mass is 10.0. The van der Waals surface area contributed by atoms with Crippen molar-refractivity contribution in [3.8, 4) is 22.5 Å². The molecule has 3 nitrogen and oxygen atoms in total. The van der Waals surface area contributed by atoms with Gasteiger partial charge in [-0.25, -0.2) is 9.97 Å². The smallest absolute Gasteiger partial charge is 0.132 e. The molecule has 0 aliphatic heterocycles. The molecule has 2 heterocycles. The normalized spacial score (nSPS) is 14.9. The Hall–Kier alpha value is -2.55. The minimum absolute atomic E-state index is 0.532. The molecule has 0 atom stereocenters. The Morgan fingerprint density at radius 2 is 1.71 bits per heavy atom. The summed E-state index contributed by atoms with van der Waals surface area (Å²) in [6.07, 6.45) is 8.82. The Kier molecular flexibility index (Phi) is 4.08. The first-order valence-electron chi connectivity index (χ1n) is 8.66. The lowest BCUT2D eigenvalue weighted by Gasteiger charge is -2.09. The second kappa shape index (κ2) is 6.52. The highest BCUT2D eigenvalue weighted by Gasteiger charge is 2.20. The van der Waals surface area contributed by atoms with Gasteiger partial charge in [0.05, 0.1) is 11.4 Å². The van der Waals surface area contributed by atoms with Crippen molar-refractivity contribution in [3.63, 3.8) is 0 Å². The van der Waals surface area contributed by atoms with Gasteiger partial charge < -0.3 is 0 Å². The van der Waals surface area contributed by atoms with E-state index < -0.39 is 0 Å². The van der Waals surface area contributed by atoms with E-state index in [4.69, 9.17) is 4.98 Å². The van der Waals surface area contributed by atoms with Crippen LogP contribution in [0.3, 0.4) is 0 Å². The zero-order valence-electron chi connectivity index (χ0n) is 13.9. The van der Waals surface area contributed by atoms with E-state index in [1.807, 2.05) is 18.5 Å². The maximum Gasteiger partial charge on any atom is 0.132 e. The SMILES string of the molecule is Cc1ccccc1-c1ccc(-c2ccnc(C3CCCC3)n2)cn1. The summed E-state index contributed by atoms with van der Waals surface area (Å²) >= 11 is 0. The van der Waals surface area contributed by atoms with Crippen molar-refractivity contribution in [2.75, 3.05) is 0 Å². The van der Waals surface area contributed by atoms with E-state index in [1.165, 1.54) is 36.8 Å². The molecule has 1 aliphatic rings. The molecule has 4 rings (SSSR count). The van der Waals surface area contributed by atoms with Crippen molar-refractivity contribution in [1.82, 2.24) is 15.0 Å². The van der Waals surface area contributed by atoms with Crippen LogP contribution in [0.2, 0.25) is 0 Å². The Bertz CT molecular complexity index is 834. The summed E-state index contributed by atoms with van der Waals surface area (Å²) in [7, 11) is 0. The Labute approximate surface area is 142 Å². The zero-order chi connectivity index (χ0) is 16.4. The summed E-state index contributed by atoms with van der Waals surface area (Å²) < 4.78 is 0. The fourth-order valence-electron chi connectivity index (χ4n) is 3.48. The number of nitrogens with zero attached hydrogens (tertiary/aromatic N) is 3. The lowest BCUT2D eigenvalue weighted by Crippen LogP contribution is -2.01. The molecule has 1 aromatic carbocycles. The van der Waals surface area contributed by atoms with Gasteiger partial charge in [0.15, 0.2) is 0 Å². The lowest BCUT2D eigenvalue weighted by molar-refractivity contribution is 0.668. The summed E-state index contributed by atoms with van der Waals surface area (Å²) in [6, 6.07) is 14.5.